The summed E-state index contributed by atoms with van der Waals surface area (Å²) in [5, 5.41) is 9.59. The summed E-state index contributed by atoms with van der Waals surface area (Å²) >= 11 is 0. The van der Waals surface area contributed by atoms with E-state index < -0.39 is 12.1 Å². The van der Waals surface area contributed by atoms with Gasteiger partial charge in [0.2, 0.25) is 0 Å². The molecule has 1 aromatic rings. The highest BCUT2D eigenvalue weighted by molar-refractivity contribution is 5.87. The molecule has 1 aromatic heterocycles. The predicted octanol–water partition coefficient (Wildman–Crippen LogP) is 1.70. The van der Waals surface area contributed by atoms with Crippen molar-refractivity contribution >= 4 is 5.97 Å². The van der Waals surface area contributed by atoms with Crippen molar-refractivity contribution in [2.24, 2.45) is 0 Å². The summed E-state index contributed by atoms with van der Waals surface area (Å²) in [6.07, 6.45) is 1.55. The highest BCUT2D eigenvalue weighted by Crippen LogP contribution is 2.16. The Bertz CT molecular complexity index is 338. The fourth-order valence-corrected chi connectivity index (χ4v) is 1.21. The summed E-state index contributed by atoms with van der Waals surface area (Å²) in [6.45, 7) is 3.93. The number of aliphatic hydroxyl groups excluding tert-OH is 1. The maximum atomic E-state index is 11.3. The Morgan fingerprint density at radius 2 is 2.33 bits per heavy atom. The first-order valence-electron chi connectivity index (χ1n) is 5.00. The maximum absolute atomic E-state index is 11.3. The number of rotatable bonds is 4. The molecule has 4 heteroatoms. The van der Waals surface area contributed by atoms with Gasteiger partial charge in [-0.1, -0.05) is 6.92 Å². The van der Waals surface area contributed by atoms with E-state index >= 15 is 0 Å². The van der Waals surface area contributed by atoms with Crippen LogP contribution in [0.1, 0.15) is 42.4 Å². The van der Waals surface area contributed by atoms with Gasteiger partial charge in [-0.05, 0) is 31.0 Å². The molecule has 0 spiro atoms. The second-order valence-electron chi connectivity index (χ2n) is 3.12. The molecule has 0 saturated heterocycles. The molecule has 1 atom stereocenters. The van der Waals surface area contributed by atoms with Gasteiger partial charge in [0, 0.05) is 6.20 Å². The van der Waals surface area contributed by atoms with Crippen LogP contribution in [0, 0.1) is 0 Å². The highest BCUT2D eigenvalue weighted by Gasteiger charge is 2.11. The second-order valence-corrected chi connectivity index (χ2v) is 3.12. The van der Waals surface area contributed by atoms with E-state index in [0.717, 1.165) is 0 Å². The largest absolute Gasteiger partial charge is 0.461 e. The lowest BCUT2D eigenvalue weighted by Gasteiger charge is -2.08. The van der Waals surface area contributed by atoms with Crippen molar-refractivity contribution < 1.29 is 14.6 Å². The number of esters is 1. The lowest BCUT2D eigenvalue weighted by molar-refractivity contribution is 0.0519. The molecule has 0 saturated carbocycles. The van der Waals surface area contributed by atoms with E-state index in [2.05, 4.69) is 4.98 Å². The molecule has 0 amide bonds. The molecule has 0 aliphatic carbocycles. The van der Waals surface area contributed by atoms with E-state index in [1.807, 2.05) is 6.92 Å². The second kappa shape index (κ2) is 5.46. The molecule has 0 fully saturated rings. The molecular formula is C11H15NO3. The average Bonchev–Trinajstić information content (AvgIpc) is 2.28. The fraction of sp³-hybridized carbons (Fsp3) is 0.455. The first kappa shape index (κ1) is 11.7. The zero-order chi connectivity index (χ0) is 11.3. The summed E-state index contributed by atoms with van der Waals surface area (Å²) in [4.78, 5) is 15.2. The molecule has 82 valence electrons. The van der Waals surface area contributed by atoms with Crippen LogP contribution in [0.3, 0.4) is 0 Å². The molecule has 0 radical (unpaired) electrons. The average molecular weight is 209 g/mol. The Kier molecular flexibility index (Phi) is 4.24. The Morgan fingerprint density at radius 1 is 1.60 bits per heavy atom. The summed E-state index contributed by atoms with van der Waals surface area (Å²) in [6, 6.07) is 3.25. The first-order valence-corrected chi connectivity index (χ1v) is 5.00. The summed E-state index contributed by atoms with van der Waals surface area (Å²) < 4.78 is 4.81. The van der Waals surface area contributed by atoms with Crippen molar-refractivity contribution in [3.05, 3.63) is 29.6 Å². The molecule has 0 aliphatic rings. The molecular weight excluding hydrogens is 194 g/mol. The Hall–Kier alpha value is -1.42. The summed E-state index contributed by atoms with van der Waals surface area (Å²) in [5.74, 6) is -0.456. The predicted molar refractivity (Wildman–Crippen MR) is 55.4 cm³/mol. The minimum Gasteiger partial charge on any atom is -0.461 e. The number of hydrogen-bond acceptors (Lipinski definition) is 4. The highest BCUT2D eigenvalue weighted by atomic mass is 16.5. The Morgan fingerprint density at radius 3 is 2.93 bits per heavy atom. The van der Waals surface area contributed by atoms with Crippen LogP contribution >= 0.6 is 0 Å². The number of hydrogen-bond donors (Lipinski definition) is 1. The quantitative estimate of drug-likeness (QED) is 0.767. The SMILES string of the molecule is CCOC(=O)c1cc(C(O)CC)ccn1. The lowest BCUT2D eigenvalue weighted by Crippen LogP contribution is -2.08. The Labute approximate surface area is 88.9 Å². The topological polar surface area (TPSA) is 59.4 Å². The maximum Gasteiger partial charge on any atom is 0.356 e. The number of nitrogens with zero attached hydrogens (tertiary/aromatic N) is 1. The zero-order valence-electron chi connectivity index (χ0n) is 8.93. The number of ether oxygens (including phenoxy) is 1. The van der Waals surface area contributed by atoms with E-state index in [-0.39, 0.29) is 5.69 Å². The molecule has 0 aliphatic heterocycles. The first-order chi connectivity index (χ1) is 7.19. The third-order valence-corrected chi connectivity index (χ3v) is 2.04. The van der Waals surface area contributed by atoms with Gasteiger partial charge in [0.05, 0.1) is 12.7 Å². The van der Waals surface area contributed by atoms with Gasteiger partial charge < -0.3 is 9.84 Å². The molecule has 1 heterocycles. The van der Waals surface area contributed by atoms with Crippen molar-refractivity contribution in [3.8, 4) is 0 Å². The van der Waals surface area contributed by atoms with Crippen molar-refractivity contribution in [1.82, 2.24) is 4.98 Å². The molecule has 0 bridgehead atoms. The monoisotopic (exact) mass is 209 g/mol. The summed E-state index contributed by atoms with van der Waals surface area (Å²) in [5.41, 5.74) is 0.928. The molecule has 0 aromatic carbocycles. The van der Waals surface area contributed by atoms with Crippen molar-refractivity contribution in [2.45, 2.75) is 26.4 Å². The smallest absolute Gasteiger partial charge is 0.356 e. The van der Waals surface area contributed by atoms with Crippen LogP contribution in [0.15, 0.2) is 18.3 Å². The third kappa shape index (κ3) is 3.02. The van der Waals surface area contributed by atoms with Gasteiger partial charge >= 0.3 is 5.97 Å². The third-order valence-electron chi connectivity index (χ3n) is 2.04. The van der Waals surface area contributed by atoms with E-state index in [4.69, 9.17) is 4.74 Å². The molecule has 1 rings (SSSR count). The van der Waals surface area contributed by atoms with Gasteiger partial charge in [-0.3, -0.25) is 0 Å². The van der Waals surface area contributed by atoms with Crippen LogP contribution in [-0.4, -0.2) is 22.7 Å². The molecule has 15 heavy (non-hydrogen) atoms. The van der Waals surface area contributed by atoms with Crippen LogP contribution in [0.25, 0.3) is 0 Å². The number of carbonyl (C=O) groups is 1. The van der Waals surface area contributed by atoms with Crippen LogP contribution in [0.4, 0.5) is 0 Å². The van der Waals surface area contributed by atoms with Crippen LogP contribution in [-0.2, 0) is 4.74 Å². The van der Waals surface area contributed by atoms with Gasteiger partial charge in [0.25, 0.3) is 0 Å². The van der Waals surface area contributed by atoms with Gasteiger partial charge in [-0.25, -0.2) is 9.78 Å². The number of pyridine rings is 1. The summed E-state index contributed by atoms with van der Waals surface area (Å²) in [7, 11) is 0. The van der Waals surface area contributed by atoms with E-state index in [1.54, 1.807) is 19.1 Å². The van der Waals surface area contributed by atoms with Crippen molar-refractivity contribution in [2.75, 3.05) is 6.61 Å². The van der Waals surface area contributed by atoms with Crippen molar-refractivity contribution in [1.29, 1.82) is 0 Å². The number of aliphatic hydroxyl groups is 1. The van der Waals surface area contributed by atoms with Gasteiger partial charge in [-0.2, -0.15) is 0 Å². The lowest BCUT2D eigenvalue weighted by atomic mass is 10.1. The standard InChI is InChI=1S/C11H15NO3/c1-3-10(13)8-5-6-12-9(7-8)11(14)15-4-2/h5-7,10,13H,3-4H2,1-2H3. The van der Waals surface area contributed by atoms with E-state index in [0.29, 0.717) is 18.6 Å². The normalized spacial score (nSPS) is 12.2. The Balaban J connectivity index is 2.87. The minimum atomic E-state index is -0.554. The van der Waals surface area contributed by atoms with Gasteiger partial charge in [0.1, 0.15) is 5.69 Å². The molecule has 4 nitrogen and oxygen atoms in total. The molecule has 1 N–H and O–H groups in total. The van der Waals surface area contributed by atoms with Crippen LogP contribution in [0.5, 0.6) is 0 Å². The minimum absolute atomic E-state index is 0.238. The van der Waals surface area contributed by atoms with Crippen LogP contribution < -0.4 is 0 Å². The number of carbonyl (C=O) groups excluding carboxylic acids is 1. The number of aromatic nitrogens is 1. The van der Waals surface area contributed by atoms with Gasteiger partial charge in [-0.15, -0.1) is 0 Å². The fourth-order valence-electron chi connectivity index (χ4n) is 1.21. The zero-order valence-corrected chi connectivity index (χ0v) is 8.93. The van der Waals surface area contributed by atoms with Crippen molar-refractivity contribution in [3.63, 3.8) is 0 Å². The van der Waals surface area contributed by atoms with E-state index in [9.17, 15) is 9.90 Å². The van der Waals surface area contributed by atoms with Crippen LogP contribution in [0.2, 0.25) is 0 Å². The van der Waals surface area contributed by atoms with Gasteiger partial charge in [0.15, 0.2) is 0 Å². The molecule has 1 unspecified atom stereocenters. The van der Waals surface area contributed by atoms with E-state index in [1.165, 1.54) is 6.20 Å².